The first-order valence-corrected chi connectivity index (χ1v) is 36.1. The molecule has 0 aromatic heterocycles. The van der Waals surface area contributed by atoms with Crippen molar-refractivity contribution in [2.75, 3.05) is 26.2 Å². The molecule has 12 amide bonds. The van der Waals surface area contributed by atoms with Gasteiger partial charge in [0.1, 0.15) is 85.1 Å². The number of nitrogens with one attached hydrogen (secondary N) is 16. The van der Waals surface area contributed by atoms with Gasteiger partial charge in [-0.1, -0.05) is 113 Å². The van der Waals surface area contributed by atoms with Crippen LogP contribution in [0.3, 0.4) is 0 Å². The van der Waals surface area contributed by atoms with Crippen LogP contribution in [0.25, 0.3) is 0 Å². The third-order valence-corrected chi connectivity index (χ3v) is 17.3. The molecule has 5 rings (SSSR count). The summed E-state index contributed by atoms with van der Waals surface area (Å²) >= 11 is 0. The maximum Gasteiger partial charge on any atom is 0.407 e. The van der Waals surface area contributed by atoms with Gasteiger partial charge in [0.2, 0.25) is 59.1 Å². The van der Waals surface area contributed by atoms with Crippen LogP contribution in [0.2, 0.25) is 0 Å². The Morgan fingerprint density at radius 3 is 0.972 bits per heavy atom. The van der Waals surface area contributed by atoms with E-state index < -0.39 is 155 Å². The first-order valence-electron chi connectivity index (χ1n) is 36.1. The van der Waals surface area contributed by atoms with Gasteiger partial charge in [0.05, 0.1) is 0 Å². The van der Waals surface area contributed by atoms with Crippen LogP contribution in [0.1, 0.15) is 128 Å². The Hall–Kier alpha value is -11.7. The van der Waals surface area contributed by atoms with Gasteiger partial charge in [-0.05, 0) is 136 Å². The summed E-state index contributed by atoms with van der Waals surface area (Å²) in [6.07, 6.45) is -1.61. The standard InChI is InChI=1S/C74H106N18O16/c1-43(2)59-69(103)89-57(39-47-27-31-51(93)32-28-47)67(101)87-55(25-17-37-79-71(75)76)65(99)86-54(24-14-16-36-82-74(106)108-42-50-21-11-8-12-22-50)64(98)84-46(6)62(96)92-60(44(3)4)70(104)90-58(40-48-29-33-52(94)34-30-48)68(102)88-56(26-18-38-80-72(77)78)66(100)85-53(63(97)83-45(5)61(95)91-59)23-13-15-35-81-73(105)107-41-49-19-9-7-10-20-49/h7-12,19-22,27-34,43-46,53-60,93-94H,13-18,23-26,35-42H2,1-6H3,(H,81,105)(H,82,106)(H,83,97)(H,84,98)(H,85,100)(H,86,99)(H,87,101)(H,88,102)(H,89,103)(H,90,104)(H,91,95)(H,92,96)(H4,75,76,79)(H4,77,78,80)/t45-,46-,53-,54-,55-,56-,57-,58-,59-,60-/m0/s1. The smallest absolute Gasteiger partial charge is 0.407 e. The maximum absolute atomic E-state index is 14.9. The number of rotatable bonds is 28. The number of carbonyl (C=O) groups is 12. The summed E-state index contributed by atoms with van der Waals surface area (Å²) in [5, 5.41) is 73.3. The molecule has 0 radical (unpaired) electrons. The van der Waals surface area contributed by atoms with Gasteiger partial charge >= 0.3 is 12.2 Å². The minimum absolute atomic E-state index is 0.00722. The minimum Gasteiger partial charge on any atom is -0.508 e. The lowest BCUT2D eigenvalue weighted by molar-refractivity contribution is -0.137. The second kappa shape index (κ2) is 45.6. The summed E-state index contributed by atoms with van der Waals surface area (Å²) in [5.74, 6) is -11.5. The second-order valence-corrected chi connectivity index (χ2v) is 27.0. The quantitative estimate of drug-likeness (QED) is 0.0213. The van der Waals surface area contributed by atoms with Gasteiger partial charge in [-0.25, -0.2) is 9.59 Å². The summed E-state index contributed by atoms with van der Waals surface area (Å²) in [4.78, 5) is 172. The Kier molecular flexibility index (Phi) is 36.7. The molecular weight excluding hydrogens is 1400 g/mol. The first kappa shape index (κ1) is 86.9. The van der Waals surface area contributed by atoms with Crippen molar-refractivity contribution in [2.24, 2.45) is 23.3 Å². The van der Waals surface area contributed by atoms with E-state index in [1.165, 1.54) is 62.4 Å². The highest BCUT2D eigenvalue weighted by Crippen LogP contribution is 2.17. The van der Waals surface area contributed by atoms with E-state index in [2.05, 4.69) is 74.4 Å². The molecule has 0 unspecified atom stereocenters. The number of guanidine groups is 2. The van der Waals surface area contributed by atoms with Crippen molar-refractivity contribution in [3.8, 4) is 11.5 Å². The number of aromatic hydroxyl groups is 2. The van der Waals surface area contributed by atoms with E-state index in [-0.39, 0.29) is 128 Å². The van der Waals surface area contributed by atoms with E-state index in [0.717, 1.165) is 11.1 Å². The highest BCUT2D eigenvalue weighted by molar-refractivity contribution is 6.00. The van der Waals surface area contributed by atoms with Crippen molar-refractivity contribution in [1.82, 2.24) is 74.4 Å². The largest absolute Gasteiger partial charge is 0.508 e. The van der Waals surface area contributed by atoms with E-state index in [1.807, 2.05) is 12.1 Å². The number of phenolic OH excluding ortho intramolecular Hbond substituents is 2. The monoisotopic (exact) mass is 1500 g/mol. The average Bonchev–Trinajstić information content (AvgIpc) is 0.849. The van der Waals surface area contributed by atoms with Crippen molar-refractivity contribution in [3.63, 3.8) is 0 Å². The molecule has 1 fully saturated rings. The predicted molar refractivity (Wildman–Crippen MR) is 399 cm³/mol. The number of unbranched alkanes of at least 4 members (excludes halogenated alkanes) is 2. The van der Waals surface area contributed by atoms with Crippen LogP contribution < -0.4 is 85.9 Å². The van der Waals surface area contributed by atoms with Gasteiger partial charge in [-0.2, -0.15) is 0 Å². The number of phenols is 2. The average molecular weight is 1500 g/mol. The number of amides is 12. The zero-order chi connectivity index (χ0) is 79.2. The molecule has 0 saturated carbocycles. The fourth-order valence-corrected chi connectivity index (χ4v) is 11.2. The summed E-state index contributed by atoms with van der Waals surface area (Å²) in [6.45, 7) is 9.20. The van der Waals surface area contributed by atoms with Crippen molar-refractivity contribution >= 4 is 83.2 Å². The Morgan fingerprint density at radius 2 is 0.657 bits per heavy atom. The predicted octanol–water partition coefficient (Wildman–Crippen LogP) is 0.816. The highest BCUT2D eigenvalue weighted by atomic mass is 16.6. The molecule has 4 aromatic carbocycles. The van der Waals surface area contributed by atoms with Crippen LogP contribution in [0, 0.1) is 22.7 Å². The van der Waals surface area contributed by atoms with E-state index in [9.17, 15) is 67.7 Å². The summed E-state index contributed by atoms with van der Waals surface area (Å²) in [5.41, 5.74) is 13.5. The molecule has 0 aliphatic carbocycles. The van der Waals surface area contributed by atoms with Gasteiger partial charge in [-0.15, -0.1) is 0 Å². The second-order valence-electron chi connectivity index (χ2n) is 27.0. The number of nitrogens with two attached hydrogens (primary N) is 2. The molecule has 108 heavy (non-hydrogen) atoms. The van der Waals surface area contributed by atoms with Crippen molar-refractivity contribution in [1.29, 1.82) is 10.8 Å². The fourth-order valence-electron chi connectivity index (χ4n) is 11.2. The highest BCUT2D eigenvalue weighted by Gasteiger charge is 2.37. The van der Waals surface area contributed by atoms with E-state index in [1.54, 1.807) is 76.2 Å². The lowest BCUT2D eigenvalue weighted by Gasteiger charge is -2.29. The van der Waals surface area contributed by atoms with Gasteiger partial charge in [-0.3, -0.25) is 58.8 Å². The lowest BCUT2D eigenvalue weighted by atomic mass is 9.99. The minimum atomic E-state index is -1.53. The molecule has 10 atom stereocenters. The number of carbonyl (C=O) groups excluding carboxylic acids is 12. The van der Waals surface area contributed by atoms with Crippen LogP contribution in [-0.2, 0) is 83.5 Å². The molecule has 34 nitrogen and oxygen atoms in total. The Bertz CT molecular complexity index is 3410. The van der Waals surface area contributed by atoms with Gasteiger partial charge in [0.25, 0.3) is 0 Å². The number of hydrogen-bond donors (Lipinski definition) is 20. The maximum atomic E-state index is 14.9. The molecule has 22 N–H and O–H groups in total. The van der Waals surface area contributed by atoms with Crippen molar-refractivity contribution in [3.05, 3.63) is 131 Å². The van der Waals surface area contributed by atoms with Crippen LogP contribution in [-0.4, -0.2) is 180 Å². The van der Waals surface area contributed by atoms with Crippen LogP contribution >= 0.6 is 0 Å². The summed E-state index contributed by atoms with van der Waals surface area (Å²) in [6, 6.07) is 14.5. The zero-order valence-electron chi connectivity index (χ0n) is 61.8. The van der Waals surface area contributed by atoms with Gasteiger partial charge < -0.3 is 106 Å². The van der Waals surface area contributed by atoms with Crippen molar-refractivity contribution in [2.45, 2.75) is 192 Å². The van der Waals surface area contributed by atoms with Crippen molar-refractivity contribution < 1.29 is 77.2 Å². The molecule has 1 heterocycles. The van der Waals surface area contributed by atoms with E-state index in [4.69, 9.17) is 31.8 Å². The molecule has 1 aliphatic rings. The Labute approximate surface area is 627 Å². The lowest BCUT2D eigenvalue weighted by Crippen LogP contribution is -2.62. The number of alkyl carbamates (subject to hydrolysis) is 2. The molecular formula is C74H106N18O16. The summed E-state index contributed by atoms with van der Waals surface area (Å²) < 4.78 is 10.7. The normalized spacial score (nSPS) is 21.3. The molecule has 1 saturated heterocycles. The van der Waals surface area contributed by atoms with Gasteiger partial charge in [0.15, 0.2) is 11.9 Å². The van der Waals surface area contributed by atoms with E-state index >= 15 is 0 Å². The van der Waals surface area contributed by atoms with E-state index in [0.29, 0.717) is 11.1 Å². The molecule has 588 valence electrons. The summed E-state index contributed by atoms with van der Waals surface area (Å²) in [7, 11) is 0. The fraction of sp³-hybridized carbons (Fsp3) is 0.486. The molecule has 34 heteroatoms. The topological polar surface area (TPSA) is 532 Å². The zero-order valence-corrected chi connectivity index (χ0v) is 61.8. The number of benzene rings is 4. The number of ether oxygens (including phenoxy) is 2. The molecule has 4 aromatic rings. The van der Waals surface area contributed by atoms with Gasteiger partial charge in [0, 0.05) is 39.0 Å². The first-order chi connectivity index (χ1) is 51.5. The van der Waals surface area contributed by atoms with Crippen LogP contribution in [0.5, 0.6) is 11.5 Å². The SMILES string of the molecule is CC(C)[C@@H]1NC(=O)[C@H](C)NC(=O)[C@H](CCCCNC(=O)OCc2ccccc2)NC(=O)[C@H](CCCNC(=N)N)NC(=O)[C@H](Cc2ccc(O)cc2)NC(=O)[C@H](C(C)C)NC(=O)[C@H](C)NC(=O)[C@H](CCCCNC(=O)OCc2ccccc2)NC(=O)[C@H](CCCNC(=N)N)NC(=O)[C@H](Cc2ccc(O)cc2)NC1=O. The Balaban J connectivity index is 1.56. The van der Waals surface area contributed by atoms with Crippen LogP contribution in [0.4, 0.5) is 9.59 Å². The number of hydrogen-bond acceptors (Lipinski definition) is 18. The third-order valence-electron chi connectivity index (χ3n) is 17.3. The Morgan fingerprint density at radius 1 is 0.370 bits per heavy atom. The molecule has 0 bridgehead atoms. The molecule has 1 aliphatic heterocycles. The molecule has 0 spiro atoms. The third kappa shape index (κ3) is 31.9. The van der Waals surface area contributed by atoms with Crippen LogP contribution in [0.15, 0.2) is 109 Å².